The van der Waals surface area contributed by atoms with Crippen LogP contribution in [-0.4, -0.2) is 25.7 Å². The fourth-order valence-corrected chi connectivity index (χ4v) is 3.85. The maximum Gasteiger partial charge on any atom is 0.262 e. The average molecular weight is 407 g/mol. The number of nitrogens with zero attached hydrogens (tertiary/aromatic N) is 2. The van der Waals surface area contributed by atoms with Crippen LogP contribution in [0.2, 0.25) is 0 Å². The van der Waals surface area contributed by atoms with Crippen molar-refractivity contribution in [2.45, 2.75) is 4.90 Å². The van der Waals surface area contributed by atoms with Gasteiger partial charge in [-0.2, -0.15) is 4.98 Å². The number of aromatic nitrogens is 2. The summed E-state index contributed by atoms with van der Waals surface area (Å²) in [5.41, 5.74) is 1.82. The highest BCUT2D eigenvalue weighted by Gasteiger charge is 2.16. The lowest BCUT2D eigenvalue weighted by molar-refractivity contribution is 0.405. The van der Waals surface area contributed by atoms with Crippen LogP contribution in [0.25, 0.3) is 22.8 Å². The van der Waals surface area contributed by atoms with E-state index in [1.54, 1.807) is 49.6 Å². The maximum atomic E-state index is 12.4. The fraction of sp³-hybridized carbons (Fsp3) is 0.0476. The van der Waals surface area contributed by atoms with Gasteiger partial charge in [-0.1, -0.05) is 35.5 Å². The monoisotopic (exact) mass is 407 g/mol. The van der Waals surface area contributed by atoms with Gasteiger partial charge >= 0.3 is 0 Å². The molecular weight excluding hydrogens is 390 g/mol. The van der Waals surface area contributed by atoms with Gasteiger partial charge in [-0.15, -0.1) is 0 Å². The Balaban J connectivity index is 1.55. The molecule has 0 amide bonds. The van der Waals surface area contributed by atoms with Gasteiger partial charge < -0.3 is 9.26 Å². The Morgan fingerprint density at radius 2 is 1.59 bits per heavy atom. The first-order chi connectivity index (χ1) is 14.1. The molecule has 29 heavy (non-hydrogen) atoms. The first kappa shape index (κ1) is 18.7. The minimum Gasteiger partial charge on any atom is -0.496 e. The van der Waals surface area contributed by atoms with Crippen LogP contribution in [0.4, 0.5) is 5.69 Å². The molecule has 0 spiro atoms. The van der Waals surface area contributed by atoms with E-state index in [2.05, 4.69) is 14.9 Å². The molecule has 0 aliphatic carbocycles. The van der Waals surface area contributed by atoms with Crippen LogP contribution in [0, 0.1) is 0 Å². The lowest BCUT2D eigenvalue weighted by Crippen LogP contribution is -2.12. The van der Waals surface area contributed by atoms with Crippen molar-refractivity contribution in [2.24, 2.45) is 0 Å². The summed E-state index contributed by atoms with van der Waals surface area (Å²) < 4.78 is 38.1. The lowest BCUT2D eigenvalue weighted by Gasteiger charge is -2.08. The standard InChI is InChI=1S/C21H17N3O4S/c1-27-19-10-6-5-9-18(19)21-22-20(23-28-21)15-11-13-16(14-12-15)24-29(25,26)17-7-3-2-4-8-17/h2-14,24H,1H3. The molecule has 0 radical (unpaired) electrons. The van der Waals surface area contributed by atoms with E-state index in [4.69, 9.17) is 9.26 Å². The summed E-state index contributed by atoms with van der Waals surface area (Å²) in [7, 11) is -2.07. The number of para-hydroxylation sites is 1. The SMILES string of the molecule is COc1ccccc1-c1nc(-c2ccc(NS(=O)(=O)c3ccccc3)cc2)no1. The molecule has 0 unspecified atom stereocenters. The predicted molar refractivity (Wildman–Crippen MR) is 109 cm³/mol. The second-order valence-electron chi connectivity index (χ2n) is 6.12. The Labute approximate surface area is 168 Å². The van der Waals surface area contributed by atoms with Crippen molar-refractivity contribution in [3.63, 3.8) is 0 Å². The van der Waals surface area contributed by atoms with Gasteiger partial charge in [-0.05, 0) is 48.5 Å². The number of benzene rings is 3. The van der Waals surface area contributed by atoms with Gasteiger partial charge in [0, 0.05) is 11.3 Å². The van der Waals surface area contributed by atoms with Crippen molar-refractivity contribution in [1.82, 2.24) is 10.1 Å². The van der Waals surface area contributed by atoms with Crippen LogP contribution < -0.4 is 9.46 Å². The van der Waals surface area contributed by atoms with E-state index in [-0.39, 0.29) is 4.90 Å². The highest BCUT2D eigenvalue weighted by atomic mass is 32.2. The third-order valence-corrected chi connectivity index (χ3v) is 5.61. The van der Waals surface area contributed by atoms with Crippen molar-refractivity contribution in [3.8, 4) is 28.6 Å². The van der Waals surface area contributed by atoms with Crippen LogP contribution in [0.5, 0.6) is 5.75 Å². The Morgan fingerprint density at radius 3 is 2.31 bits per heavy atom. The zero-order chi connectivity index (χ0) is 20.3. The minimum atomic E-state index is -3.64. The van der Waals surface area contributed by atoms with Gasteiger partial charge in [-0.25, -0.2) is 8.42 Å². The molecule has 0 aliphatic heterocycles. The molecule has 0 bridgehead atoms. The molecular formula is C21H17N3O4S. The van der Waals surface area contributed by atoms with Crippen molar-refractivity contribution in [3.05, 3.63) is 78.9 Å². The number of anilines is 1. The fourth-order valence-electron chi connectivity index (χ4n) is 2.77. The summed E-state index contributed by atoms with van der Waals surface area (Å²) in [5.74, 6) is 1.36. The summed E-state index contributed by atoms with van der Waals surface area (Å²) in [6.45, 7) is 0. The summed E-state index contributed by atoms with van der Waals surface area (Å²) in [4.78, 5) is 4.61. The number of hydrogen-bond donors (Lipinski definition) is 1. The van der Waals surface area contributed by atoms with Crippen LogP contribution in [-0.2, 0) is 10.0 Å². The van der Waals surface area contributed by atoms with Gasteiger partial charge in [0.1, 0.15) is 5.75 Å². The molecule has 7 nitrogen and oxygen atoms in total. The summed E-state index contributed by atoms with van der Waals surface area (Å²) in [6.07, 6.45) is 0. The largest absolute Gasteiger partial charge is 0.496 e. The van der Waals surface area contributed by atoms with Gasteiger partial charge in [0.2, 0.25) is 5.82 Å². The molecule has 0 fully saturated rings. The van der Waals surface area contributed by atoms with Crippen LogP contribution in [0.15, 0.2) is 88.3 Å². The second-order valence-corrected chi connectivity index (χ2v) is 7.80. The normalized spacial score (nSPS) is 11.2. The summed E-state index contributed by atoms with van der Waals surface area (Å²) >= 11 is 0. The smallest absolute Gasteiger partial charge is 0.262 e. The minimum absolute atomic E-state index is 0.198. The quantitative estimate of drug-likeness (QED) is 0.514. The van der Waals surface area contributed by atoms with Gasteiger partial charge in [0.25, 0.3) is 15.9 Å². The van der Waals surface area contributed by atoms with Gasteiger partial charge in [-0.3, -0.25) is 4.72 Å². The van der Waals surface area contributed by atoms with Crippen LogP contribution in [0.1, 0.15) is 0 Å². The van der Waals surface area contributed by atoms with Crippen molar-refractivity contribution in [2.75, 3.05) is 11.8 Å². The Bertz CT molecular complexity index is 1220. The Kier molecular flexibility index (Phi) is 5.01. The van der Waals surface area contributed by atoms with E-state index in [0.29, 0.717) is 34.3 Å². The van der Waals surface area contributed by atoms with Crippen molar-refractivity contribution < 1.29 is 17.7 Å². The topological polar surface area (TPSA) is 94.3 Å². The molecule has 4 rings (SSSR count). The molecule has 146 valence electrons. The zero-order valence-corrected chi connectivity index (χ0v) is 16.3. The summed E-state index contributed by atoms with van der Waals surface area (Å²) in [6, 6.07) is 22.3. The molecule has 0 saturated heterocycles. The van der Waals surface area contributed by atoms with E-state index >= 15 is 0 Å². The number of nitrogens with one attached hydrogen (secondary N) is 1. The Morgan fingerprint density at radius 1 is 0.897 bits per heavy atom. The Hall–Kier alpha value is -3.65. The van der Waals surface area contributed by atoms with E-state index < -0.39 is 10.0 Å². The molecule has 1 heterocycles. The predicted octanol–water partition coefficient (Wildman–Crippen LogP) is 4.21. The molecule has 0 atom stereocenters. The average Bonchev–Trinajstić information content (AvgIpc) is 3.25. The third kappa shape index (κ3) is 3.97. The first-order valence-electron chi connectivity index (χ1n) is 8.72. The molecule has 1 aromatic heterocycles. The second kappa shape index (κ2) is 7.76. The molecule has 0 aliphatic rings. The summed E-state index contributed by atoms with van der Waals surface area (Å²) in [5, 5.41) is 4.01. The van der Waals surface area contributed by atoms with E-state index in [0.717, 1.165) is 0 Å². The first-order valence-corrected chi connectivity index (χ1v) is 10.2. The lowest BCUT2D eigenvalue weighted by atomic mass is 10.2. The van der Waals surface area contributed by atoms with E-state index in [9.17, 15) is 8.42 Å². The number of ether oxygens (including phenoxy) is 1. The number of sulfonamides is 1. The van der Waals surface area contributed by atoms with Crippen LogP contribution in [0.3, 0.4) is 0 Å². The van der Waals surface area contributed by atoms with Crippen molar-refractivity contribution >= 4 is 15.7 Å². The highest BCUT2D eigenvalue weighted by Crippen LogP contribution is 2.30. The molecule has 3 aromatic carbocycles. The third-order valence-electron chi connectivity index (χ3n) is 4.21. The van der Waals surface area contributed by atoms with E-state index in [1.165, 1.54) is 12.1 Å². The van der Waals surface area contributed by atoms with E-state index in [1.807, 2.05) is 24.3 Å². The highest BCUT2D eigenvalue weighted by molar-refractivity contribution is 7.92. The van der Waals surface area contributed by atoms with Crippen molar-refractivity contribution in [1.29, 1.82) is 0 Å². The molecule has 8 heteroatoms. The molecule has 4 aromatic rings. The maximum absolute atomic E-state index is 12.4. The van der Waals surface area contributed by atoms with Crippen LogP contribution >= 0.6 is 0 Å². The van der Waals surface area contributed by atoms with Gasteiger partial charge in [0.05, 0.1) is 17.6 Å². The number of hydrogen-bond acceptors (Lipinski definition) is 6. The zero-order valence-electron chi connectivity index (χ0n) is 15.4. The number of rotatable bonds is 6. The molecule has 0 saturated carbocycles. The number of methoxy groups -OCH3 is 1. The van der Waals surface area contributed by atoms with Gasteiger partial charge in [0.15, 0.2) is 0 Å². The molecule has 1 N–H and O–H groups in total.